The van der Waals surface area contributed by atoms with Crippen LogP contribution in [0.3, 0.4) is 0 Å². The van der Waals surface area contributed by atoms with Gasteiger partial charge < -0.3 is 24.8 Å². The van der Waals surface area contributed by atoms with Crippen LogP contribution in [-0.2, 0) is 4.74 Å². The Labute approximate surface area is 119 Å². The Bertz CT molecular complexity index is 413. The number of nitrogens with one attached hydrogen (secondary N) is 2. The Balaban J connectivity index is 2.56. The van der Waals surface area contributed by atoms with Gasteiger partial charge in [0.2, 0.25) is 0 Å². The summed E-state index contributed by atoms with van der Waals surface area (Å²) in [6.45, 7) is 3.93. The van der Waals surface area contributed by atoms with Crippen LogP contribution in [0.1, 0.15) is 6.92 Å². The first kappa shape index (κ1) is 15.5. The van der Waals surface area contributed by atoms with Crippen molar-refractivity contribution in [1.29, 1.82) is 0 Å². The first-order valence-electron chi connectivity index (χ1n) is 6.05. The fourth-order valence-electron chi connectivity index (χ4n) is 1.46. The third-order valence-corrected chi connectivity index (χ3v) is 2.64. The van der Waals surface area contributed by atoms with Crippen molar-refractivity contribution in [2.24, 2.45) is 0 Å². The molecule has 19 heavy (non-hydrogen) atoms. The van der Waals surface area contributed by atoms with Gasteiger partial charge in [-0.15, -0.1) is 0 Å². The second-order valence-corrected chi connectivity index (χ2v) is 4.05. The largest absolute Gasteiger partial charge is 0.497 e. The first-order chi connectivity index (χ1) is 9.21. The van der Waals surface area contributed by atoms with Crippen LogP contribution in [0.15, 0.2) is 18.2 Å². The highest BCUT2D eigenvalue weighted by Crippen LogP contribution is 2.28. The van der Waals surface area contributed by atoms with Gasteiger partial charge in [0.25, 0.3) is 0 Å². The smallest absolute Gasteiger partial charge is 0.170 e. The predicted molar refractivity (Wildman–Crippen MR) is 80.3 cm³/mol. The van der Waals surface area contributed by atoms with Gasteiger partial charge in [0.1, 0.15) is 11.5 Å². The van der Waals surface area contributed by atoms with Crippen LogP contribution in [0.4, 0.5) is 5.69 Å². The lowest BCUT2D eigenvalue weighted by Gasteiger charge is -2.14. The normalized spacial score (nSPS) is 9.84. The van der Waals surface area contributed by atoms with Gasteiger partial charge in [-0.05, 0) is 31.3 Å². The minimum absolute atomic E-state index is 0.520. The molecule has 106 valence electrons. The molecule has 0 saturated heterocycles. The molecule has 1 rings (SSSR count). The van der Waals surface area contributed by atoms with Gasteiger partial charge >= 0.3 is 0 Å². The number of ether oxygens (including phenoxy) is 3. The third-order valence-electron chi connectivity index (χ3n) is 2.39. The van der Waals surface area contributed by atoms with E-state index in [1.54, 1.807) is 14.2 Å². The molecule has 0 fully saturated rings. The molecule has 0 spiro atoms. The van der Waals surface area contributed by atoms with Crippen molar-refractivity contribution in [3.05, 3.63) is 18.2 Å². The fraction of sp³-hybridized carbons (Fsp3) is 0.462. The molecule has 0 radical (unpaired) electrons. The zero-order valence-electron chi connectivity index (χ0n) is 11.5. The highest BCUT2D eigenvalue weighted by Gasteiger charge is 2.06. The summed E-state index contributed by atoms with van der Waals surface area (Å²) in [4.78, 5) is 0. The Kier molecular flexibility index (Phi) is 6.99. The molecule has 1 aromatic rings. The van der Waals surface area contributed by atoms with Crippen molar-refractivity contribution in [3.8, 4) is 11.5 Å². The van der Waals surface area contributed by atoms with Crippen molar-refractivity contribution in [3.63, 3.8) is 0 Å². The van der Waals surface area contributed by atoms with Crippen molar-refractivity contribution >= 4 is 23.0 Å². The molecule has 0 amide bonds. The number of anilines is 1. The lowest BCUT2D eigenvalue weighted by Crippen LogP contribution is -2.31. The lowest BCUT2D eigenvalue weighted by atomic mass is 10.2. The maximum absolute atomic E-state index is 5.26. The summed E-state index contributed by atoms with van der Waals surface area (Å²) in [5, 5.41) is 6.65. The van der Waals surface area contributed by atoms with E-state index in [2.05, 4.69) is 10.6 Å². The summed E-state index contributed by atoms with van der Waals surface area (Å²) in [7, 11) is 3.23. The van der Waals surface area contributed by atoms with E-state index in [1.165, 1.54) is 0 Å². The standard InChI is InChI=1S/C13H20N2O3S/c1-4-18-8-7-14-13(19)15-11-9-10(16-2)5-6-12(11)17-3/h5-6,9H,4,7-8H2,1-3H3,(H2,14,15,19). The van der Waals surface area contributed by atoms with Crippen LogP contribution in [0, 0.1) is 0 Å². The number of rotatable bonds is 7. The summed E-state index contributed by atoms with van der Waals surface area (Å²) in [5.74, 6) is 1.44. The maximum Gasteiger partial charge on any atom is 0.170 e. The molecule has 2 N–H and O–H groups in total. The molecule has 0 aliphatic rings. The van der Waals surface area contributed by atoms with Gasteiger partial charge in [0.05, 0.1) is 26.5 Å². The molecule has 0 bridgehead atoms. The summed E-state index contributed by atoms with van der Waals surface area (Å²) >= 11 is 5.20. The molecule has 0 atom stereocenters. The first-order valence-corrected chi connectivity index (χ1v) is 6.46. The summed E-state index contributed by atoms with van der Waals surface area (Å²) in [6, 6.07) is 5.48. The topological polar surface area (TPSA) is 51.8 Å². The van der Waals surface area contributed by atoms with Crippen LogP contribution in [-0.4, -0.2) is 39.1 Å². The molecule has 6 heteroatoms. The van der Waals surface area contributed by atoms with E-state index in [-0.39, 0.29) is 0 Å². The Hall–Kier alpha value is -1.53. The van der Waals surface area contributed by atoms with Crippen LogP contribution in [0.5, 0.6) is 11.5 Å². The van der Waals surface area contributed by atoms with Crippen molar-refractivity contribution in [1.82, 2.24) is 5.32 Å². The van der Waals surface area contributed by atoms with Crippen molar-refractivity contribution in [2.45, 2.75) is 6.92 Å². The second kappa shape index (κ2) is 8.55. The van der Waals surface area contributed by atoms with Gasteiger partial charge in [-0.1, -0.05) is 0 Å². The Morgan fingerprint density at radius 3 is 2.68 bits per heavy atom. The van der Waals surface area contributed by atoms with E-state index < -0.39 is 0 Å². The van der Waals surface area contributed by atoms with E-state index >= 15 is 0 Å². The van der Waals surface area contributed by atoms with Crippen LogP contribution < -0.4 is 20.1 Å². The molecule has 0 heterocycles. The van der Waals surface area contributed by atoms with E-state index in [0.29, 0.717) is 30.6 Å². The van der Waals surface area contributed by atoms with Gasteiger partial charge in [-0.3, -0.25) is 0 Å². The maximum atomic E-state index is 5.26. The number of thiocarbonyl (C=S) groups is 1. The lowest BCUT2D eigenvalue weighted by molar-refractivity contribution is 0.152. The average Bonchev–Trinajstić information content (AvgIpc) is 2.43. The minimum Gasteiger partial charge on any atom is -0.497 e. The highest BCUT2D eigenvalue weighted by molar-refractivity contribution is 7.80. The molecule has 0 saturated carbocycles. The summed E-state index contributed by atoms with van der Waals surface area (Å²) in [5.41, 5.74) is 0.760. The predicted octanol–water partition coefficient (Wildman–Crippen LogP) is 2.03. The molecule has 0 aliphatic heterocycles. The molecular weight excluding hydrogens is 264 g/mol. The molecule has 5 nitrogen and oxygen atoms in total. The Morgan fingerprint density at radius 1 is 1.26 bits per heavy atom. The average molecular weight is 284 g/mol. The molecule has 0 aromatic heterocycles. The van der Waals surface area contributed by atoms with Crippen molar-refractivity contribution in [2.75, 3.05) is 39.3 Å². The third kappa shape index (κ3) is 5.32. The van der Waals surface area contributed by atoms with E-state index in [1.807, 2.05) is 25.1 Å². The minimum atomic E-state index is 0.520. The van der Waals surface area contributed by atoms with Gasteiger partial charge in [-0.25, -0.2) is 0 Å². The second-order valence-electron chi connectivity index (χ2n) is 3.64. The zero-order chi connectivity index (χ0) is 14.1. The SMILES string of the molecule is CCOCCNC(=S)Nc1cc(OC)ccc1OC. The molecular formula is C13H20N2O3S. The van der Waals surface area contributed by atoms with Gasteiger partial charge in [-0.2, -0.15) is 0 Å². The molecule has 0 aliphatic carbocycles. The summed E-state index contributed by atoms with van der Waals surface area (Å²) in [6.07, 6.45) is 0. The van der Waals surface area contributed by atoms with Gasteiger partial charge in [0, 0.05) is 19.2 Å². The summed E-state index contributed by atoms with van der Waals surface area (Å²) < 4.78 is 15.6. The van der Waals surface area contributed by atoms with E-state index in [0.717, 1.165) is 11.4 Å². The number of hydrogen-bond acceptors (Lipinski definition) is 4. The zero-order valence-corrected chi connectivity index (χ0v) is 12.3. The van der Waals surface area contributed by atoms with Crippen molar-refractivity contribution < 1.29 is 14.2 Å². The number of benzene rings is 1. The van der Waals surface area contributed by atoms with Gasteiger partial charge in [0.15, 0.2) is 5.11 Å². The number of hydrogen-bond donors (Lipinski definition) is 2. The fourth-order valence-corrected chi connectivity index (χ4v) is 1.67. The molecule has 1 aromatic carbocycles. The quantitative estimate of drug-likeness (QED) is 0.590. The van der Waals surface area contributed by atoms with Crippen LogP contribution in [0.2, 0.25) is 0 Å². The van der Waals surface area contributed by atoms with E-state index in [4.69, 9.17) is 26.4 Å². The monoisotopic (exact) mass is 284 g/mol. The van der Waals surface area contributed by atoms with Crippen LogP contribution >= 0.6 is 12.2 Å². The molecule has 0 unspecified atom stereocenters. The Morgan fingerprint density at radius 2 is 2.05 bits per heavy atom. The highest BCUT2D eigenvalue weighted by atomic mass is 32.1. The number of methoxy groups -OCH3 is 2. The van der Waals surface area contributed by atoms with E-state index in [9.17, 15) is 0 Å². The van der Waals surface area contributed by atoms with Crippen LogP contribution in [0.25, 0.3) is 0 Å².